The lowest BCUT2D eigenvalue weighted by molar-refractivity contribution is -0.135. The molecule has 2 atom stereocenters. The highest BCUT2D eigenvalue weighted by molar-refractivity contribution is 5.82. The van der Waals surface area contributed by atoms with Gasteiger partial charge in [0.05, 0.1) is 20.3 Å². The lowest BCUT2D eigenvalue weighted by atomic mass is 10.0. The number of rotatable bonds is 6. The summed E-state index contributed by atoms with van der Waals surface area (Å²) >= 11 is 0. The van der Waals surface area contributed by atoms with Crippen LogP contribution >= 0.6 is 0 Å². The van der Waals surface area contributed by atoms with Gasteiger partial charge in [0.2, 0.25) is 0 Å². The zero-order valence-electron chi connectivity index (χ0n) is 9.35. The van der Waals surface area contributed by atoms with Gasteiger partial charge in [0.25, 0.3) is 0 Å². The number of methoxy groups -OCH3 is 3. The number of hydrogen-bond donors (Lipinski definition) is 0. The summed E-state index contributed by atoms with van der Waals surface area (Å²) in [7, 11) is 4.11. The standard InChI is InChI=1S/C10H16O5/c1-7(9(6-11)14-3)8(13-2)5-10(12)15-4/h5-7,9H,1-4H3. The van der Waals surface area contributed by atoms with Gasteiger partial charge in [-0.15, -0.1) is 0 Å². The third-order valence-electron chi connectivity index (χ3n) is 2.04. The summed E-state index contributed by atoms with van der Waals surface area (Å²) in [6.45, 7) is 1.72. The van der Waals surface area contributed by atoms with Crippen LogP contribution in [0.3, 0.4) is 0 Å². The zero-order valence-corrected chi connectivity index (χ0v) is 9.35. The van der Waals surface area contributed by atoms with Crippen molar-refractivity contribution in [1.29, 1.82) is 0 Å². The average Bonchev–Trinajstić information content (AvgIpc) is 2.26. The summed E-state index contributed by atoms with van der Waals surface area (Å²) in [4.78, 5) is 21.6. The first kappa shape index (κ1) is 13.6. The highest BCUT2D eigenvalue weighted by atomic mass is 16.5. The molecule has 0 amide bonds. The molecule has 0 aliphatic carbocycles. The number of ether oxygens (including phenoxy) is 3. The largest absolute Gasteiger partial charge is 0.500 e. The van der Waals surface area contributed by atoms with Gasteiger partial charge >= 0.3 is 5.97 Å². The molecule has 0 aliphatic rings. The second-order valence-electron chi connectivity index (χ2n) is 2.90. The molecule has 0 aromatic rings. The van der Waals surface area contributed by atoms with E-state index in [1.165, 1.54) is 27.4 Å². The maximum Gasteiger partial charge on any atom is 0.333 e. The fourth-order valence-corrected chi connectivity index (χ4v) is 1.09. The highest BCUT2D eigenvalue weighted by Crippen LogP contribution is 2.16. The van der Waals surface area contributed by atoms with Gasteiger partial charge in [-0.25, -0.2) is 4.79 Å². The van der Waals surface area contributed by atoms with Crippen molar-refractivity contribution in [2.24, 2.45) is 5.92 Å². The molecule has 0 aromatic heterocycles. The molecule has 0 aliphatic heterocycles. The van der Waals surface area contributed by atoms with Gasteiger partial charge in [-0.2, -0.15) is 0 Å². The first-order valence-electron chi connectivity index (χ1n) is 4.42. The van der Waals surface area contributed by atoms with Gasteiger partial charge < -0.3 is 19.0 Å². The minimum Gasteiger partial charge on any atom is -0.500 e. The fraction of sp³-hybridized carbons (Fsp3) is 0.600. The zero-order chi connectivity index (χ0) is 11.8. The van der Waals surface area contributed by atoms with Gasteiger partial charge in [0.15, 0.2) is 0 Å². The molecule has 0 heterocycles. The van der Waals surface area contributed by atoms with Crippen LogP contribution in [-0.4, -0.2) is 39.7 Å². The van der Waals surface area contributed by atoms with Crippen molar-refractivity contribution in [3.8, 4) is 0 Å². The summed E-state index contributed by atoms with van der Waals surface area (Å²) in [5.41, 5.74) is 0. The smallest absolute Gasteiger partial charge is 0.333 e. The normalized spacial score (nSPS) is 15.3. The summed E-state index contributed by atoms with van der Waals surface area (Å²) in [5.74, 6) is -0.517. The molecule has 0 rings (SSSR count). The molecule has 0 bridgehead atoms. The fourth-order valence-electron chi connectivity index (χ4n) is 1.09. The second kappa shape index (κ2) is 7.00. The lowest BCUT2D eigenvalue weighted by Gasteiger charge is -2.19. The van der Waals surface area contributed by atoms with E-state index in [1.807, 2.05) is 0 Å². The van der Waals surface area contributed by atoms with Crippen molar-refractivity contribution in [3.05, 3.63) is 11.8 Å². The molecule has 86 valence electrons. The SMILES string of the molecule is COC(=O)C=C(OC)C(C)C(C=O)OC. The van der Waals surface area contributed by atoms with Gasteiger partial charge in [-0.05, 0) is 0 Å². The van der Waals surface area contributed by atoms with Crippen LogP contribution in [0, 0.1) is 5.92 Å². The Labute approximate surface area is 89.0 Å². The van der Waals surface area contributed by atoms with Crippen molar-refractivity contribution in [3.63, 3.8) is 0 Å². The number of carbonyl (C=O) groups is 2. The van der Waals surface area contributed by atoms with Crippen molar-refractivity contribution >= 4 is 12.3 Å². The first-order valence-corrected chi connectivity index (χ1v) is 4.42. The van der Waals surface area contributed by atoms with E-state index in [1.54, 1.807) is 6.92 Å². The van der Waals surface area contributed by atoms with Crippen LogP contribution in [0.4, 0.5) is 0 Å². The molecule has 0 radical (unpaired) electrons. The van der Waals surface area contributed by atoms with Gasteiger partial charge in [-0.3, -0.25) is 0 Å². The number of carbonyl (C=O) groups excluding carboxylic acids is 2. The van der Waals surface area contributed by atoms with E-state index in [9.17, 15) is 9.59 Å². The maximum atomic E-state index is 11.0. The van der Waals surface area contributed by atoms with Crippen molar-refractivity contribution in [2.45, 2.75) is 13.0 Å². The van der Waals surface area contributed by atoms with Crippen LogP contribution < -0.4 is 0 Å². The van der Waals surface area contributed by atoms with Crippen molar-refractivity contribution in [1.82, 2.24) is 0 Å². The lowest BCUT2D eigenvalue weighted by Crippen LogP contribution is -2.24. The van der Waals surface area contributed by atoms with E-state index < -0.39 is 12.1 Å². The van der Waals surface area contributed by atoms with E-state index in [0.29, 0.717) is 12.0 Å². The molecule has 15 heavy (non-hydrogen) atoms. The Morgan fingerprint density at radius 1 is 1.20 bits per heavy atom. The Kier molecular flexibility index (Phi) is 6.37. The Balaban J connectivity index is 4.72. The molecule has 2 unspecified atom stereocenters. The minimum atomic E-state index is -0.638. The molecule has 0 saturated heterocycles. The predicted molar refractivity (Wildman–Crippen MR) is 53.1 cm³/mol. The summed E-state index contributed by atoms with van der Waals surface area (Å²) in [6.07, 6.45) is 1.22. The second-order valence-corrected chi connectivity index (χ2v) is 2.90. The quantitative estimate of drug-likeness (QED) is 0.280. The Morgan fingerprint density at radius 2 is 1.80 bits per heavy atom. The van der Waals surface area contributed by atoms with E-state index in [0.717, 1.165) is 0 Å². The Bertz CT molecular complexity index is 246. The number of hydrogen-bond acceptors (Lipinski definition) is 5. The van der Waals surface area contributed by atoms with Crippen molar-refractivity contribution < 1.29 is 23.8 Å². The molecule has 0 spiro atoms. The molecule has 0 N–H and O–H groups in total. The van der Waals surface area contributed by atoms with Gasteiger partial charge in [0, 0.05) is 13.0 Å². The molecular weight excluding hydrogens is 200 g/mol. The molecule has 0 fully saturated rings. The summed E-state index contributed by atoms with van der Waals surface area (Å²) in [5, 5.41) is 0. The van der Waals surface area contributed by atoms with Crippen LogP contribution in [-0.2, 0) is 23.8 Å². The highest BCUT2D eigenvalue weighted by Gasteiger charge is 2.21. The Hall–Kier alpha value is -1.36. The third kappa shape index (κ3) is 4.12. The van der Waals surface area contributed by atoms with Gasteiger partial charge in [0.1, 0.15) is 18.1 Å². The topological polar surface area (TPSA) is 61.8 Å². The molecule has 5 nitrogen and oxygen atoms in total. The van der Waals surface area contributed by atoms with Crippen LogP contribution in [0.25, 0.3) is 0 Å². The predicted octanol–water partition coefficient (Wildman–Crippen LogP) is 0.540. The van der Waals surface area contributed by atoms with Crippen LogP contribution in [0.5, 0.6) is 0 Å². The van der Waals surface area contributed by atoms with E-state index in [4.69, 9.17) is 9.47 Å². The van der Waals surface area contributed by atoms with Crippen LogP contribution in [0.15, 0.2) is 11.8 Å². The summed E-state index contributed by atoms with van der Waals surface area (Å²) in [6, 6.07) is 0. The summed E-state index contributed by atoms with van der Waals surface area (Å²) < 4.78 is 14.4. The van der Waals surface area contributed by atoms with Crippen LogP contribution in [0.1, 0.15) is 6.92 Å². The van der Waals surface area contributed by atoms with Crippen molar-refractivity contribution in [2.75, 3.05) is 21.3 Å². The number of esters is 1. The number of aldehydes is 1. The first-order chi connectivity index (χ1) is 7.10. The third-order valence-corrected chi connectivity index (χ3v) is 2.04. The monoisotopic (exact) mass is 216 g/mol. The van der Waals surface area contributed by atoms with Crippen LogP contribution in [0.2, 0.25) is 0 Å². The molecule has 0 saturated carbocycles. The van der Waals surface area contributed by atoms with E-state index in [-0.39, 0.29) is 5.92 Å². The molecule has 0 aromatic carbocycles. The average molecular weight is 216 g/mol. The van der Waals surface area contributed by atoms with E-state index >= 15 is 0 Å². The molecular formula is C10H16O5. The molecule has 5 heteroatoms. The Morgan fingerprint density at radius 3 is 2.13 bits per heavy atom. The maximum absolute atomic E-state index is 11.0. The minimum absolute atomic E-state index is 0.336. The van der Waals surface area contributed by atoms with Gasteiger partial charge in [-0.1, -0.05) is 6.92 Å². The van der Waals surface area contributed by atoms with E-state index in [2.05, 4.69) is 4.74 Å².